The van der Waals surface area contributed by atoms with Crippen LogP contribution in [0.3, 0.4) is 0 Å². The molecule has 2 aromatic rings. The molecule has 2 bridgehead atoms. The lowest BCUT2D eigenvalue weighted by Crippen LogP contribution is -2.58. The van der Waals surface area contributed by atoms with Crippen LogP contribution in [0.1, 0.15) is 12.8 Å². The summed E-state index contributed by atoms with van der Waals surface area (Å²) < 4.78 is 1.88. The van der Waals surface area contributed by atoms with Gasteiger partial charge >= 0.3 is 0 Å². The van der Waals surface area contributed by atoms with Gasteiger partial charge in [-0.1, -0.05) is 23.4 Å². The molecule has 4 heterocycles. The van der Waals surface area contributed by atoms with E-state index in [0.29, 0.717) is 18.5 Å². The molecule has 3 fully saturated rings. The highest BCUT2D eigenvalue weighted by atomic mass is 16.3. The van der Waals surface area contributed by atoms with Crippen molar-refractivity contribution in [3.8, 4) is 17.0 Å². The van der Waals surface area contributed by atoms with E-state index in [1.165, 1.54) is 0 Å². The Balaban J connectivity index is 1.41. The molecule has 3 saturated heterocycles. The van der Waals surface area contributed by atoms with Gasteiger partial charge in [-0.05, 0) is 37.4 Å². The highest BCUT2D eigenvalue weighted by Gasteiger charge is 2.44. The van der Waals surface area contributed by atoms with Crippen molar-refractivity contribution < 1.29 is 9.90 Å². The van der Waals surface area contributed by atoms with E-state index < -0.39 is 0 Å². The van der Waals surface area contributed by atoms with Crippen molar-refractivity contribution in [2.75, 3.05) is 26.7 Å². The lowest BCUT2D eigenvalue weighted by atomic mass is 9.75. The summed E-state index contributed by atoms with van der Waals surface area (Å²) in [7, 11) is 1.86. The Morgan fingerprint density at radius 1 is 1.46 bits per heavy atom. The van der Waals surface area contributed by atoms with Crippen LogP contribution >= 0.6 is 0 Å². The van der Waals surface area contributed by atoms with Crippen LogP contribution in [-0.4, -0.2) is 68.5 Å². The highest BCUT2D eigenvalue weighted by Crippen LogP contribution is 2.37. The number of fused-ring (bicyclic) bond motifs is 3. The lowest BCUT2D eigenvalue weighted by Gasteiger charge is -2.49. The van der Waals surface area contributed by atoms with Gasteiger partial charge in [-0.15, -0.1) is 11.7 Å². The average molecular weight is 381 g/mol. The van der Waals surface area contributed by atoms with E-state index in [-0.39, 0.29) is 17.6 Å². The van der Waals surface area contributed by atoms with Crippen molar-refractivity contribution in [1.82, 2.24) is 24.8 Å². The normalized spacial score (nSPS) is 26.2. The third-order valence-electron chi connectivity index (χ3n) is 6.05. The number of rotatable bonds is 6. The number of hydrogen-bond acceptors (Lipinski definition) is 5. The Labute approximate surface area is 165 Å². The van der Waals surface area contributed by atoms with Gasteiger partial charge in [0.15, 0.2) is 0 Å². The topological polar surface area (TPSA) is 74.5 Å². The van der Waals surface area contributed by atoms with Crippen molar-refractivity contribution in [1.29, 1.82) is 0 Å². The SMILES string of the molecule is C=CCN(C)C(=O)[C@@H]1CN2CC[C@@H]1C[C@@H]2Cn1cc(-c2cccc(O)c2)nn1. The first-order valence-electron chi connectivity index (χ1n) is 9.84. The van der Waals surface area contributed by atoms with Crippen LogP contribution in [0.25, 0.3) is 11.3 Å². The van der Waals surface area contributed by atoms with Gasteiger partial charge < -0.3 is 10.0 Å². The molecule has 0 spiro atoms. The summed E-state index contributed by atoms with van der Waals surface area (Å²) in [5.74, 6) is 0.984. The minimum atomic E-state index is 0.0913. The Morgan fingerprint density at radius 2 is 2.32 bits per heavy atom. The first-order valence-corrected chi connectivity index (χ1v) is 9.84. The fraction of sp³-hybridized carbons (Fsp3) is 0.476. The van der Waals surface area contributed by atoms with Crippen LogP contribution < -0.4 is 0 Å². The number of carbonyl (C=O) groups excluding carboxylic acids is 1. The minimum absolute atomic E-state index is 0.0913. The molecule has 7 nitrogen and oxygen atoms in total. The highest BCUT2D eigenvalue weighted by molar-refractivity contribution is 5.79. The van der Waals surface area contributed by atoms with E-state index in [9.17, 15) is 9.90 Å². The molecule has 0 aliphatic carbocycles. The summed E-state index contributed by atoms with van der Waals surface area (Å²) in [5.41, 5.74) is 1.61. The van der Waals surface area contributed by atoms with Gasteiger partial charge in [-0.3, -0.25) is 14.4 Å². The van der Waals surface area contributed by atoms with E-state index in [2.05, 4.69) is 21.8 Å². The standard InChI is InChI=1S/C21H27N5O2/c1-3-8-24(2)21(28)19-13-25-9-7-15(19)10-17(25)12-26-14-20(22-23-26)16-5-4-6-18(27)11-16/h3-6,11,14-15,17,19,27H,1,7-10,12-13H2,2H3/t15-,17-,19-/m1/s1. The zero-order chi connectivity index (χ0) is 19.7. The molecule has 1 aromatic heterocycles. The summed E-state index contributed by atoms with van der Waals surface area (Å²) in [6.07, 6.45) is 5.80. The first-order chi connectivity index (χ1) is 13.5. The number of phenols is 1. The maximum Gasteiger partial charge on any atom is 0.227 e. The number of nitrogens with zero attached hydrogens (tertiary/aromatic N) is 5. The largest absolute Gasteiger partial charge is 0.508 e. The number of carbonyl (C=O) groups is 1. The number of likely N-dealkylation sites (N-methyl/N-ethyl adjacent to an activating group) is 1. The maximum absolute atomic E-state index is 12.7. The van der Waals surface area contributed by atoms with Crippen LogP contribution in [0.4, 0.5) is 0 Å². The van der Waals surface area contributed by atoms with E-state index >= 15 is 0 Å². The van der Waals surface area contributed by atoms with Gasteiger partial charge in [-0.25, -0.2) is 0 Å². The Kier molecular flexibility index (Phi) is 5.17. The fourth-order valence-electron chi connectivity index (χ4n) is 4.58. The number of aromatic nitrogens is 3. The maximum atomic E-state index is 12.7. The van der Waals surface area contributed by atoms with Gasteiger partial charge in [-0.2, -0.15) is 0 Å². The lowest BCUT2D eigenvalue weighted by molar-refractivity contribution is -0.142. The average Bonchev–Trinajstić information content (AvgIpc) is 3.16. The van der Waals surface area contributed by atoms with Gasteiger partial charge in [0.25, 0.3) is 0 Å². The first kappa shape index (κ1) is 18.7. The van der Waals surface area contributed by atoms with Crippen LogP contribution in [0.5, 0.6) is 5.75 Å². The molecule has 4 atom stereocenters. The van der Waals surface area contributed by atoms with Gasteiger partial charge in [0.2, 0.25) is 5.91 Å². The second kappa shape index (κ2) is 7.75. The molecule has 28 heavy (non-hydrogen) atoms. The van der Waals surface area contributed by atoms with Crippen molar-refractivity contribution in [2.24, 2.45) is 11.8 Å². The molecule has 3 aliphatic heterocycles. The predicted octanol–water partition coefficient (Wildman–Crippen LogP) is 2.01. The van der Waals surface area contributed by atoms with Crippen LogP contribution in [-0.2, 0) is 11.3 Å². The Bertz CT molecular complexity index is 864. The fourth-order valence-corrected chi connectivity index (χ4v) is 4.58. The molecule has 1 amide bonds. The zero-order valence-electron chi connectivity index (χ0n) is 16.2. The zero-order valence-corrected chi connectivity index (χ0v) is 16.2. The number of hydrogen-bond donors (Lipinski definition) is 1. The Morgan fingerprint density at radius 3 is 3.04 bits per heavy atom. The number of amides is 1. The molecule has 0 radical (unpaired) electrons. The summed E-state index contributed by atoms with van der Waals surface area (Å²) in [6, 6.07) is 7.43. The molecular formula is C21H27N5O2. The van der Waals surface area contributed by atoms with Crippen molar-refractivity contribution >= 4 is 5.91 Å². The molecular weight excluding hydrogens is 354 g/mol. The summed E-state index contributed by atoms with van der Waals surface area (Å²) in [6.45, 7) is 6.96. The van der Waals surface area contributed by atoms with Gasteiger partial charge in [0, 0.05) is 31.7 Å². The second-order valence-electron chi connectivity index (χ2n) is 7.92. The van der Waals surface area contributed by atoms with E-state index in [1.807, 2.05) is 24.0 Å². The number of aromatic hydroxyl groups is 1. The summed E-state index contributed by atoms with van der Waals surface area (Å²) in [4.78, 5) is 16.9. The molecule has 3 aliphatic rings. The van der Waals surface area contributed by atoms with Crippen LogP contribution in [0.15, 0.2) is 43.1 Å². The van der Waals surface area contributed by atoms with Crippen molar-refractivity contribution in [3.05, 3.63) is 43.1 Å². The number of benzene rings is 1. The third-order valence-corrected chi connectivity index (χ3v) is 6.05. The molecule has 7 heteroatoms. The van der Waals surface area contributed by atoms with Crippen LogP contribution in [0.2, 0.25) is 0 Å². The van der Waals surface area contributed by atoms with E-state index in [1.54, 1.807) is 29.2 Å². The van der Waals surface area contributed by atoms with Crippen molar-refractivity contribution in [3.63, 3.8) is 0 Å². The molecule has 1 unspecified atom stereocenters. The predicted molar refractivity (Wildman–Crippen MR) is 107 cm³/mol. The van der Waals surface area contributed by atoms with Gasteiger partial charge in [0.05, 0.1) is 18.7 Å². The number of piperidine rings is 3. The summed E-state index contributed by atoms with van der Waals surface area (Å²) >= 11 is 0. The molecule has 1 N–H and O–H groups in total. The number of phenolic OH excluding ortho intramolecular Hbond substituents is 1. The molecule has 1 aromatic carbocycles. The second-order valence-corrected chi connectivity index (χ2v) is 7.92. The van der Waals surface area contributed by atoms with Crippen molar-refractivity contribution in [2.45, 2.75) is 25.4 Å². The Hall–Kier alpha value is -2.67. The molecule has 5 rings (SSSR count). The third kappa shape index (κ3) is 3.67. The summed E-state index contributed by atoms with van der Waals surface area (Å²) in [5, 5.41) is 18.2. The van der Waals surface area contributed by atoms with E-state index in [4.69, 9.17) is 0 Å². The van der Waals surface area contributed by atoms with Gasteiger partial charge in [0.1, 0.15) is 11.4 Å². The minimum Gasteiger partial charge on any atom is -0.508 e. The smallest absolute Gasteiger partial charge is 0.227 e. The quantitative estimate of drug-likeness (QED) is 0.775. The molecule has 148 valence electrons. The molecule has 0 saturated carbocycles. The monoisotopic (exact) mass is 381 g/mol. The van der Waals surface area contributed by atoms with E-state index in [0.717, 1.165) is 43.7 Å². The van der Waals surface area contributed by atoms with Crippen LogP contribution in [0, 0.1) is 11.8 Å².